The zero-order valence-corrected chi connectivity index (χ0v) is 15.5. The molecule has 0 aromatic heterocycles. The first kappa shape index (κ1) is 22.4. The van der Waals surface area contributed by atoms with Crippen molar-refractivity contribution < 1.29 is 9.59 Å². The number of hydrogen-bond donors (Lipinski definition) is 2. The number of halogens is 1. The molecule has 1 aromatic rings. The van der Waals surface area contributed by atoms with Crippen LogP contribution in [-0.2, 0) is 4.79 Å². The molecule has 0 saturated heterocycles. The smallest absolute Gasteiger partial charge is 0.253 e. The second-order valence-corrected chi connectivity index (χ2v) is 5.56. The molecule has 6 heteroatoms. The Kier molecular flexibility index (Phi) is 11.9. The van der Waals surface area contributed by atoms with Gasteiger partial charge in [-0.05, 0) is 57.5 Å². The Bertz CT molecular complexity index is 488. The zero-order chi connectivity index (χ0) is 17.1. The summed E-state index contributed by atoms with van der Waals surface area (Å²) in [5.74, 6) is 0.0355. The molecule has 0 unspecified atom stereocenters. The number of benzene rings is 1. The van der Waals surface area contributed by atoms with E-state index in [9.17, 15) is 9.59 Å². The largest absolute Gasteiger partial charge is 0.339 e. The lowest BCUT2D eigenvalue weighted by Crippen LogP contribution is -2.30. The van der Waals surface area contributed by atoms with E-state index in [4.69, 9.17) is 5.73 Å². The van der Waals surface area contributed by atoms with Crippen molar-refractivity contribution in [3.05, 3.63) is 29.8 Å². The molecule has 0 heterocycles. The second kappa shape index (κ2) is 12.8. The van der Waals surface area contributed by atoms with Crippen LogP contribution >= 0.6 is 12.4 Å². The first-order valence-corrected chi connectivity index (χ1v) is 8.51. The van der Waals surface area contributed by atoms with Gasteiger partial charge in [0.15, 0.2) is 0 Å². The Balaban J connectivity index is 0.00000529. The van der Waals surface area contributed by atoms with Crippen molar-refractivity contribution in [1.82, 2.24) is 4.90 Å². The molecule has 0 aliphatic heterocycles. The molecule has 24 heavy (non-hydrogen) atoms. The molecular formula is C18H30ClN3O2. The fourth-order valence-corrected chi connectivity index (χ4v) is 2.40. The number of hydrogen-bond acceptors (Lipinski definition) is 3. The van der Waals surface area contributed by atoms with Crippen molar-refractivity contribution in [2.75, 3.05) is 25.0 Å². The third-order valence-electron chi connectivity index (χ3n) is 3.82. The molecule has 0 fully saturated rings. The normalized spacial score (nSPS) is 9.96. The monoisotopic (exact) mass is 355 g/mol. The van der Waals surface area contributed by atoms with Crippen molar-refractivity contribution in [3.8, 4) is 0 Å². The van der Waals surface area contributed by atoms with Crippen LogP contribution in [0.4, 0.5) is 5.69 Å². The van der Waals surface area contributed by atoms with Crippen molar-refractivity contribution in [1.29, 1.82) is 0 Å². The summed E-state index contributed by atoms with van der Waals surface area (Å²) in [5.41, 5.74) is 6.81. The predicted molar refractivity (Wildman–Crippen MR) is 102 cm³/mol. The average molecular weight is 356 g/mol. The van der Waals surface area contributed by atoms with Crippen LogP contribution in [0.25, 0.3) is 0 Å². The summed E-state index contributed by atoms with van der Waals surface area (Å²) < 4.78 is 0. The Hall–Kier alpha value is -1.59. The number of unbranched alkanes of at least 4 members (excludes halogenated alkanes) is 3. The maximum Gasteiger partial charge on any atom is 0.253 e. The molecule has 0 bridgehead atoms. The number of amides is 2. The van der Waals surface area contributed by atoms with Crippen LogP contribution in [0.15, 0.2) is 24.3 Å². The van der Waals surface area contributed by atoms with E-state index in [-0.39, 0.29) is 24.2 Å². The Labute approximate surface area is 151 Å². The van der Waals surface area contributed by atoms with E-state index in [0.717, 1.165) is 31.4 Å². The summed E-state index contributed by atoms with van der Waals surface area (Å²) in [6.07, 6.45) is 4.52. The summed E-state index contributed by atoms with van der Waals surface area (Å²) in [5, 5.41) is 2.87. The summed E-state index contributed by atoms with van der Waals surface area (Å²) in [6.45, 7) is 6.02. The fourth-order valence-electron chi connectivity index (χ4n) is 2.40. The minimum Gasteiger partial charge on any atom is -0.339 e. The topological polar surface area (TPSA) is 75.4 Å². The van der Waals surface area contributed by atoms with Gasteiger partial charge in [0.1, 0.15) is 0 Å². The lowest BCUT2D eigenvalue weighted by atomic mass is 10.1. The Morgan fingerprint density at radius 3 is 2.12 bits per heavy atom. The quantitative estimate of drug-likeness (QED) is 0.631. The summed E-state index contributed by atoms with van der Waals surface area (Å²) >= 11 is 0. The molecular weight excluding hydrogens is 326 g/mol. The molecule has 0 spiro atoms. The minimum absolute atomic E-state index is 0. The van der Waals surface area contributed by atoms with Gasteiger partial charge in [0.05, 0.1) is 0 Å². The standard InChI is InChI=1S/C18H29N3O2.ClH/c1-3-21(4-2)18(23)15-10-12-16(13-11-15)20-17(22)9-7-5-6-8-14-19;/h10-13H,3-9,14,19H2,1-2H3,(H,20,22);1H. The Morgan fingerprint density at radius 1 is 1.00 bits per heavy atom. The van der Waals surface area contributed by atoms with E-state index in [1.807, 2.05) is 13.8 Å². The zero-order valence-electron chi connectivity index (χ0n) is 14.7. The molecule has 136 valence electrons. The van der Waals surface area contributed by atoms with Gasteiger partial charge in [-0.25, -0.2) is 0 Å². The van der Waals surface area contributed by atoms with E-state index in [2.05, 4.69) is 5.32 Å². The van der Waals surface area contributed by atoms with Gasteiger partial charge in [0.2, 0.25) is 5.91 Å². The van der Waals surface area contributed by atoms with Crippen LogP contribution < -0.4 is 11.1 Å². The van der Waals surface area contributed by atoms with Crippen LogP contribution in [0, 0.1) is 0 Å². The molecule has 1 aromatic carbocycles. The number of nitrogens with one attached hydrogen (secondary N) is 1. The second-order valence-electron chi connectivity index (χ2n) is 5.56. The van der Waals surface area contributed by atoms with E-state index < -0.39 is 0 Å². The number of nitrogens with two attached hydrogens (primary N) is 1. The van der Waals surface area contributed by atoms with Crippen molar-refractivity contribution in [2.24, 2.45) is 5.73 Å². The predicted octanol–water partition coefficient (Wildman–Crippen LogP) is 3.44. The maximum absolute atomic E-state index is 12.2. The summed E-state index contributed by atoms with van der Waals surface area (Å²) in [7, 11) is 0. The average Bonchev–Trinajstić information content (AvgIpc) is 2.56. The highest BCUT2D eigenvalue weighted by Crippen LogP contribution is 2.13. The van der Waals surface area contributed by atoms with Crippen molar-refractivity contribution in [3.63, 3.8) is 0 Å². The van der Waals surface area contributed by atoms with E-state index in [1.54, 1.807) is 29.2 Å². The van der Waals surface area contributed by atoms with Crippen molar-refractivity contribution in [2.45, 2.75) is 46.0 Å². The van der Waals surface area contributed by atoms with Gasteiger partial charge < -0.3 is 16.0 Å². The third-order valence-corrected chi connectivity index (χ3v) is 3.82. The van der Waals surface area contributed by atoms with Gasteiger partial charge in [-0.1, -0.05) is 12.8 Å². The van der Waals surface area contributed by atoms with E-state index in [0.29, 0.717) is 31.6 Å². The molecule has 0 aliphatic rings. The van der Waals surface area contributed by atoms with E-state index >= 15 is 0 Å². The highest BCUT2D eigenvalue weighted by atomic mass is 35.5. The van der Waals surface area contributed by atoms with Crippen molar-refractivity contribution >= 4 is 29.9 Å². The number of carbonyl (C=O) groups excluding carboxylic acids is 2. The molecule has 1 rings (SSSR count). The lowest BCUT2D eigenvalue weighted by Gasteiger charge is -2.18. The third kappa shape index (κ3) is 7.79. The van der Waals surface area contributed by atoms with Gasteiger partial charge in [-0.15, -0.1) is 12.4 Å². The van der Waals surface area contributed by atoms with Gasteiger partial charge in [0.25, 0.3) is 5.91 Å². The van der Waals surface area contributed by atoms with Gasteiger partial charge >= 0.3 is 0 Å². The fraction of sp³-hybridized carbons (Fsp3) is 0.556. The van der Waals surface area contributed by atoms with Crippen LogP contribution in [-0.4, -0.2) is 36.3 Å². The lowest BCUT2D eigenvalue weighted by molar-refractivity contribution is -0.116. The Morgan fingerprint density at radius 2 is 1.58 bits per heavy atom. The molecule has 3 N–H and O–H groups in total. The number of carbonyl (C=O) groups is 2. The molecule has 2 amide bonds. The molecule has 0 saturated carbocycles. The highest BCUT2D eigenvalue weighted by molar-refractivity contribution is 5.95. The molecule has 0 aliphatic carbocycles. The first-order chi connectivity index (χ1) is 11.1. The van der Waals surface area contributed by atoms with Crippen LogP contribution in [0.5, 0.6) is 0 Å². The highest BCUT2D eigenvalue weighted by Gasteiger charge is 2.12. The SMILES string of the molecule is CCN(CC)C(=O)c1ccc(NC(=O)CCCCCCN)cc1.Cl. The molecule has 0 radical (unpaired) electrons. The van der Waals surface area contributed by atoms with Crippen LogP contribution in [0.2, 0.25) is 0 Å². The molecule has 5 nitrogen and oxygen atoms in total. The maximum atomic E-state index is 12.2. The number of anilines is 1. The van der Waals surface area contributed by atoms with Crippen LogP contribution in [0.1, 0.15) is 56.3 Å². The van der Waals surface area contributed by atoms with E-state index in [1.165, 1.54) is 0 Å². The number of nitrogens with zero attached hydrogens (tertiary/aromatic N) is 1. The molecule has 0 atom stereocenters. The summed E-state index contributed by atoms with van der Waals surface area (Å²) in [4.78, 5) is 25.8. The van der Waals surface area contributed by atoms with Crippen LogP contribution in [0.3, 0.4) is 0 Å². The van der Waals surface area contributed by atoms with Gasteiger partial charge in [0, 0.05) is 30.8 Å². The minimum atomic E-state index is 0. The van der Waals surface area contributed by atoms with Gasteiger partial charge in [-0.3, -0.25) is 9.59 Å². The van der Waals surface area contributed by atoms with Gasteiger partial charge in [-0.2, -0.15) is 0 Å². The first-order valence-electron chi connectivity index (χ1n) is 8.51. The number of rotatable bonds is 10. The summed E-state index contributed by atoms with van der Waals surface area (Å²) in [6, 6.07) is 7.08.